The van der Waals surface area contributed by atoms with Gasteiger partial charge in [0.2, 0.25) is 0 Å². The third kappa shape index (κ3) is 3.38. The normalized spacial score (nSPS) is 10.2. The van der Waals surface area contributed by atoms with Crippen LogP contribution in [0.3, 0.4) is 0 Å². The summed E-state index contributed by atoms with van der Waals surface area (Å²) in [6.07, 6.45) is 1.78. The Labute approximate surface area is 112 Å². The van der Waals surface area contributed by atoms with Gasteiger partial charge in [0.05, 0.1) is 8.66 Å². The highest BCUT2D eigenvalue weighted by Gasteiger charge is 2.07. The third-order valence-electron chi connectivity index (χ3n) is 2.22. The number of hydrogen-bond donors (Lipinski definition) is 1. The van der Waals surface area contributed by atoms with E-state index in [0.717, 1.165) is 15.0 Å². The second-order valence-electron chi connectivity index (χ2n) is 3.59. The zero-order valence-corrected chi connectivity index (χ0v) is 11.6. The first kappa shape index (κ1) is 12.3. The molecule has 2 rings (SSSR count). The number of pyridine rings is 1. The molecule has 0 aromatic carbocycles. The molecule has 0 unspecified atom stereocenters. The number of rotatable bonds is 3. The van der Waals surface area contributed by atoms with E-state index in [9.17, 15) is 4.79 Å². The topological polar surface area (TPSA) is 42.0 Å². The smallest absolute Gasteiger partial charge is 0.261 e. The van der Waals surface area contributed by atoms with E-state index in [4.69, 9.17) is 0 Å². The second-order valence-corrected chi connectivity index (χ2v) is 6.06. The van der Waals surface area contributed by atoms with Crippen LogP contribution in [0, 0.1) is 6.92 Å². The van der Waals surface area contributed by atoms with Crippen molar-refractivity contribution in [3.8, 4) is 0 Å². The van der Waals surface area contributed by atoms with Crippen LogP contribution < -0.4 is 5.32 Å². The number of aromatic nitrogens is 1. The van der Waals surface area contributed by atoms with Crippen molar-refractivity contribution in [2.75, 3.05) is 0 Å². The lowest BCUT2D eigenvalue weighted by atomic mass is 10.2. The number of nitrogens with zero attached hydrogens (tertiary/aromatic N) is 1. The van der Waals surface area contributed by atoms with Crippen LogP contribution in [0.1, 0.15) is 20.9 Å². The Bertz CT molecular complexity index is 522. The first-order valence-corrected chi connectivity index (χ1v) is 6.71. The van der Waals surface area contributed by atoms with Crippen LogP contribution in [0.5, 0.6) is 0 Å². The molecule has 1 amide bonds. The van der Waals surface area contributed by atoms with E-state index >= 15 is 0 Å². The molecular weight excluding hydrogens is 300 g/mol. The maximum Gasteiger partial charge on any atom is 0.261 e. The average Bonchev–Trinajstić information content (AvgIpc) is 2.75. The molecule has 0 spiro atoms. The van der Waals surface area contributed by atoms with Crippen LogP contribution in [0.2, 0.25) is 0 Å². The molecule has 17 heavy (non-hydrogen) atoms. The van der Waals surface area contributed by atoms with Crippen molar-refractivity contribution in [2.45, 2.75) is 13.5 Å². The Hall–Kier alpha value is -1.20. The van der Waals surface area contributed by atoms with E-state index in [1.165, 1.54) is 11.3 Å². The average molecular weight is 311 g/mol. The fraction of sp³-hybridized carbons (Fsp3) is 0.167. The number of amides is 1. The van der Waals surface area contributed by atoms with E-state index in [1.54, 1.807) is 12.3 Å². The summed E-state index contributed by atoms with van der Waals surface area (Å²) in [5, 5.41) is 2.86. The molecule has 5 heteroatoms. The molecule has 2 aromatic rings. The predicted octanol–water partition coefficient (Wildman–Crippen LogP) is 3.14. The van der Waals surface area contributed by atoms with Gasteiger partial charge in [0, 0.05) is 18.4 Å². The Balaban J connectivity index is 1.94. The molecule has 0 fully saturated rings. The van der Waals surface area contributed by atoms with Crippen LogP contribution in [-0.2, 0) is 6.54 Å². The van der Waals surface area contributed by atoms with Gasteiger partial charge in [-0.1, -0.05) is 6.07 Å². The van der Waals surface area contributed by atoms with E-state index in [2.05, 4.69) is 26.2 Å². The minimum absolute atomic E-state index is 0.0544. The lowest BCUT2D eigenvalue weighted by Crippen LogP contribution is -2.21. The summed E-state index contributed by atoms with van der Waals surface area (Å²) < 4.78 is 0.958. The van der Waals surface area contributed by atoms with Gasteiger partial charge in [-0.25, -0.2) is 0 Å². The van der Waals surface area contributed by atoms with Crippen molar-refractivity contribution in [1.29, 1.82) is 0 Å². The molecule has 0 aliphatic rings. The quantitative estimate of drug-likeness (QED) is 0.946. The minimum Gasteiger partial charge on any atom is -0.347 e. The highest BCUT2D eigenvalue weighted by molar-refractivity contribution is 9.11. The number of thiophene rings is 1. The molecule has 0 aliphatic carbocycles. The summed E-state index contributed by atoms with van der Waals surface area (Å²) in [6, 6.07) is 7.57. The van der Waals surface area contributed by atoms with E-state index < -0.39 is 0 Å². The van der Waals surface area contributed by atoms with E-state index in [1.807, 2.05) is 25.1 Å². The zero-order valence-electron chi connectivity index (χ0n) is 9.24. The Morgan fingerprint density at radius 3 is 2.82 bits per heavy atom. The SMILES string of the molecule is Cc1ccc(CNC(=O)c2ccc(Br)s2)cn1. The van der Waals surface area contributed by atoms with Gasteiger partial charge in [-0.3, -0.25) is 9.78 Å². The van der Waals surface area contributed by atoms with Gasteiger partial charge in [0.25, 0.3) is 5.91 Å². The van der Waals surface area contributed by atoms with Gasteiger partial charge >= 0.3 is 0 Å². The number of hydrogen-bond acceptors (Lipinski definition) is 3. The van der Waals surface area contributed by atoms with Gasteiger partial charge in [0.15, 0.2) is 0 Å². The molecule has 0 bridgehead atoms. The monoisotopic (exact) mass is 310 g/mol. The number of carbonyl (C=O) groups is 1. The van der Waals surface area contributed by atoms with Crippen LogP contribution in [0.25, 0.3) is 0 Å². The summed E-state index contributed by atoms with van der Waals surface area (Å²) in [5.74, 6) is -0.0544. The van der Waals surface area contributed by atoms with Crippen molar-refractivity contribution >= 4 is 33.2 Å². The van der Waals surface area contributed by atoms with Crippen LogP contribution in [-0.4, -0.2) is 10.9 Å². The maximum absolute atomic E-state index is 11.8. The Morgan fingerprint density at radius 1 is 1.41 bits per heavy atom. The van der Waals surface area contributed by atoms with Crippen LogP contribution >= 0.6 is 27.3 Å². The number of carbonyl (C=O) groups excluding carboxylic acids is 1. The van der Waals surface area contributed by atoms with Crippen molar-refractivity contribution in [3.05, 3.63) is 50.4 Å². The van der Waals surface area contributed by atoms with Gasteiger partial charge < -0.3 is 5.32 Å². The summed E-state index contributed by atoms with van der Waals surface area (Å²) in [5.41, 5.74) is 1.97. The highest BCUT2D eigenvalue weighted by atomic mass is 79.9. The molecule has 0 aliphatic heterocycles. The van der Waals surface area contributed by atoms with Crippen LogP contribution in [0.4, 0.5) is 0 Å². The van der Waals surface area contributed by atoms with Crippen molar-refractivity contribution in [1.82, 2.24) is 10.3 Å². The van der Waals surface area contributed by atoms with Gasteiger partial charge in [-0.2, -0.15) is 0 Å². The maximum atomic E-state index is 11.8. The molecule has 1 N–H and O–H groups in total. The third-order valence-corrected chi connectivity index (χ3v) is 3.85. The number of aryl methyl sites for hydroxylation is 1. The van der Waals surface area contributed by atoms with Gasteiger partial charge in [0.1, 0.15) is 0 Å². The first-order valence-electron chi connectivity index (χ1n) is 5.10. The predicted molar refractivity (Wildman–Crippen MR) is 72.2 cm³/mol. The summed E-state index contributed by atoms with van der Waals surface area (Å²) >= 11 is 4.76. The molecule has 0 saturated heterocycles. The fourth-order valence-corrected chi connectivity index (χ4v) is 2.61. The molecule has 3 nitrogen and oxygen atoms in total. The van der Waals surface area contributed by atoms with Crippen molar-refractivity contribution in [3.63, 3.8) is 0 Å². The molecule has 88 valence electrons. The van der Waals surface area contributed by atoms with Crippen molar-refractivity contribution < 1.29 is 4.79 Å². The summed E-state index contributed by atoms with van der Waals surface area (Å²) in [6.45, 7) is 2.44. The lowest BCUT2D eigenvalue weighted by molar-refractivity contribution is 0.0955. The largest absolute Gasteiger partial charge is 0.347 e. The highest BCUT2D eigenvalue weighted by Crippen LogP contribution is 2.21. The van der Waals surface area contributed by atoms with Gasteiger partial charge in [-0.15, -0.1) is 11.3 Å². The Morgan fingerprint density at radius 2 is 2.24 bits per heavy atom. The van der Waals surface area contributed by atoms with E-state index in [0.29, 0.717) is 11.4 Å². The van der Waals surface area contributed by atoms with Crippen molar-refractivity contribution in [2.24, 2.45) is 0 Å². The standard InChI is InChI=1S/C12H11BrN2OS/c1-8-2-3-9(6-14-8)7-15-12(16)10-4-5-11(13)17-10/h2-6H,7H2,1H3,(H,15,16). The molecule has 2 heterocycles. The molecule has 2 aromatic heterocycles. The molecule has 0 atom stereocenters. The number of nitrogens with one attached hydrogen (secondary N) is 1. The molecular formula is C12H11BrN2OS. The number of halogens is 1. The van der Waals surface area contributed by atoms with Crippen LogP contribution in [0.15, 0.2) is 34.2 Å². The lowest BCUT2D eigenvalue weighted by Gasteiger charge is -2.03. The molecule has 0 radical (unpaired) electrons. The zero-order chi connectivity index (χ0) is 12.3. The molecule has 0 saturated carbocycles. The van der Waals surface area contributed by atoms with Gasteiger partial charge in [-0.05, 0) is 46.6 Å². The van der Waals surface area contributed by atoms with E-state index in [-0.39, 0.29) is 5.91 Å². The summed E-state index contributed by atoms with van der Waals surface area (Å²) in [7, 11) is 0. The second kappa shape index (κ2) is 5.42. The minimum atomic E-state index is -0.0544. The first-order chi connectivity index (χ1) is 8.15. The fourth-order valence-electron chi connectivity index (χ4n) is 1.31. The Kier molecular flexibility index (Phi) is 3.91. The summed E-state index contributed by atoms with van der Waals surface area (Å²) in [4.78, 5) is 16.6.